The van der Waals surface area contributed by atoms with Crippen LogP contribution in [0.1, 0.15) is 6.92 Å². The molecule has 0 aromatic heterocycles. The molecular weight excluding hydrogens is 114 g/mol. The van der Waals surface area contributed by atoms with Crippen molar-refractivity contribution < 1.29 is 0 Å². The molecule has 0 aromatic carbocycles. The minimum absolute atomic E-state index is 0.227. The van der Waals surface area contributed by atoms with Gasteiger partial charge in [-0.2, -0.15) is 5.26 Å². The molecule has 0 rings (SSSR count). The van der Waals surface area contributed by atoms with Crippen LogP contribution < -0.4 is 0 Å². The maximum Gasteiger partial charge on any atom is 0.160 e. The smallest absolute Gasteiger partial charge is 0.160 e. The Morgan fingerprint density at radius 3 is 2.11 bits per heavy atom. The van der Waals surface area contributed by atoms with Crippen LogP contribution in [0.15, 0.2) is 21.4 Å². The van der Waals surface area contributed by atoms with E-state index in [0.29, 0.717) is 5.70 Å². The monoisotopic (exact) mass is 121 g/mol. The van der Waals surface area contributed by atoms with Crippen LogP contribution in [0, 0.1) is 11.3 Å². The average molecular weight is 121 g/mol. The van der Waals surface area contributed by atoms with Crippen LogP contribution in [0.3, 0.4) is 0 Å². The van der Waals surface area contributed by atoms with Gasteiger partial charge < -0.3 is 0 Å². The normalized spacial score (nSPS) is 11.1. The average Bonchev–Trinajstić information content (AvgIpc) is 1.90. The Morgan fingerprint density at radius 2 is 2.00 bits per heavy atom. The summed E-state index contributed by atoms with van der Waals surface area (Å²) >= 11 is 0. The zero-order valence-electron chi connectivity index (χ0n) is 5.26. The first kappa shape index (κ1) is 7.57. The molecule has 0 saturated carbocycles. The zero-order valence-corrected chi connectivity index (χ0v) is 5.26. The van der Waals surface area contributed by atoms with Crippen molar-refractivity contribution in [3.8, 4) is 6.07 Å². The number of aliphatic imine (C=N–C) groups is 2. The molecule has 0 aromatic rings. The van der Waals surface area contributed by atoms with E-state index in [1.165, 1.54) is 0 Å². The Labute approximate surface area is 54.1 Å². The summed E-state index contributed by atoms with van der Waals surface area (Å²) < 4.78 is 0. The summed E-state index contributed by atoms with van der Waals surface area (Å²) in [5.74, 6) is 0. The number of nitrogens with zero attached hydrogens (tertiary/aromatic N) is 3. The Morgan fingerprint density at radius 1 is 1.44 bits per heavy atom. The van der Waals surface area contributed by atoms with Crippen molar-refractivity contribution in [3.63, 3.8) is 0 Å². The molecule has 46 valence electrons. The fourth-order valence-electron chi connectivity index (χ4n) is 0.306. The summed E-state index contributed by atoms with van der Waals surface area (Å²) in [6.45, 7) is 8.07. The van der Waals surface area contributed by atoms with Gasteiger partial charge in [0, 0.05) is 0 Å². The van der Waals surface area contributed by atoms with E-state index in [-0.39, 0.29) is 5.70 Å². The van der Waals surface area contributed by atoms with Gasteiger partial charge in [0.25, 0.3) is 0 Å². The van der Waals surface area contributed by atoms with Gasteiger partial charge in [0.2, 0.25) is 0 Å². The summed E-state index contributed by atoms with van der Waals surface area (Å²) in [4.78, 5) is 6.92. The van der Waals surface area contributed by atoms with Gasteiger partial charge in [-0.1, -0.05) is 0 Å². The molecule has 0 atom stereocenters. The second-order valence-corrected chi connectivity index (χ2v) is 1.36. The van der Waals surface area contributed by atoms with E-state index >= 15 is 0 Å². The molecule has 0 radical (unpaired) electrons. The van der Waals surface area contributed by atoms with Crippen LogP contribution in [0.25, 0.3) is 0 Å². The van der Waals surface area contributed by atoms with E-state index in [1.54, 1.807) is 6.92 Å². The molecule has 0 saturated heterocycles. The zero-order chi connectivity index (χ0) is 7.28. The first-order valence-electron chi connectivity index (χ1n) is 2.30. The van der Waals surface area contributed by atoms with Gasteiger partial charge in [0.15, 0.2) is 5.70 Å². The molecular formula is C6H7N3. The van der Waals surface area contributed by atoms with E-state index in [9.17, 15) is 0 Å². The van der Waals surface area contributed by atoms with Crippen molar-refractivity contribution in [2.75, 3.05) is 0 Å². The highest BCUT2D eigenvalue weighted by Crippen LogP contribution is 2.02. The second kappa shape index (κ2) is 3.56. The van der Waals surface area contributed by atoms with Crippen molar-refractivity contribution in [2.24, 2.45) is 9.98 Å². The fraction of sp³-hybridized carbons (Fsp3) is 0.167. The number of hydrogen-bond acceptors (Lipinski definition) is 3. The highest BCUT2D eigenvalue weighted by Gasteiger charge is 1.92. The standard InChI is InChI=1S/C6H7N3/c1-5(8-2)6(4-7)9-3/h2-3H2,1H3/b6-5-. The predicted octanol–water partition coefficient (Wildman–Crippen LogP) is 1.14. The van der Waals surface area contributed by atoms with E-state index in [2.05, 4.69) is 23.4 Å². The Hall–Kier alpha value is -1.43. The van der Waals surface area contributed by atoms with E-state index in [1.807, 2.05) is 6.07 Å². The molecule has 0 spiro atoms. The number of rotatable bonds is 2. The lowest BCUT2D eigenvalue weighted by atomic mass is 10.4. The minimum atomic E-state index is 0.227. The van der Waals surface area contributed by atoms with Gasteiger partial charge in [-0.15, -0.1) is 0 Å². The third kappa shape index (κ3) is 1.87. The molecule has 0 amide bonds. The Balaban J connectivity index is 4.63. The summed E-state index contributed by atoms with van der Waals surface area (Å²) in [6, 6.07) is 1.82. The highest BCUT2D eigenvalue weighted by atomic mass is 14.8. The minimum Gasteiger partial charge on any atom is -0.266 e. The lowest BCUT2D eigenvalue weighted by molar-refractivity contribution is 1.22. The largest absolute Gasteiger partial charge is 0.266 e. The van der Waals surface area contributed by atoms with Crippen molar-refractivity contribution in [3.05, 3.63) is 11.4 Å². The van der Waals surface area contributed by atoms with Crippen LogP contribution in [-0.4, -0.2) is 13.4 Å². The van der Waals surface area contributed by atoms with Gasteiger partial charge in [-0.3, -0.25) is 9.98 Å². The third-order valence-corrected chi connectivity index (χ3v) is 0.844. The van der Waals surface area contributed by atoms with Gasteiger partial charge in [-0.05, 0) is 20.4 Å². The van der Waals surface area contributed by atoms with Crippen molar-refractivity contribution in [1.29, 1.82) is 5.26 Å². The summed E-state index contributed by atoms with van der Waals surface area (Å²) in [7, 11) is 0. The molecule has 9 heavy (non-hydrogen) atoms. The van der Waals surface area contributed by atoms with Crippen molar-refractivity contribution in [2.45, 2.75) is 6.92 Å². The van der Waals surface area contributed by atoms with Gasteiger partial charge in [0.05, 0.1) is 5.70 Å². The molecule has 0 N–H and O–H groups in total. The van der Waals surface area contributed by atoms with Gasteiger partial charge >= 0.3 is 0 Å². The van der Waals surface area contributed by atoms with Crippen LogP contribution >= 0.6 is 0 Å². The topological polar surface area (TPSA) is 48.5 Å². The van der Waals surface area contributed by atoms with Crippen LogP contribution in [0.5, 0.6) is 0 Å². The molecule has 0 aliphatic rings. The lowest BCUT2D eigenvalue weighted by Gasteiger charge is -1.88. The van der Waals surface area contributed by atoms with Crippen LogP contribution in [0.4, 0.5) is 0 Å². The van der Waals surface area contributed by atoms with Crippen LogP contribution in [0.2, 0.25) is 0 Å². The number of nitriles is 1. The van der Waals surface area contributed by atoms with E-state index in [4.69, 9.17) is 5.26 Å². The number of allylic oxidation sites excluding steroid dienone is 2. The molecule has 0 aliphatic carbocycles. The molecule has 3 nitrogen and oxygen atoms in total. The van der Waals surface area contributed by atoms with E-state index in [0.717, 1.165) is 0 Å². The van der Waals surface area contributed by atoms with Gasteiger partial charge in [-0.25, -0.2) is 0 Å². The quantitative estimate of drug-likeness (QED) is 0.399. The molecule has 3 heteroatoms. The maximum absolute atomic E-state index is 8.30. The highest BCUT2D eigenvalue weighted by molar-refractivity contribution is 5.39. The maximum atomic E-state index is 8.30. The van der Waals surface area contributed by atoms with Gasteiger partial charge in [0.1, 0.15) is 6.07 Å². The van der Waals surface area contributed by atoms with Crippen molar-refractivity contribution >= 4 is 13.4 Å². The fourth-order valence-corrected chi connectivity index (χ4v) is 0.306. The molecule has 0 heterocycles. The molecule has 0 fully saturated rings. The lowest BCUT2D eigenvalue weighted by Crippen LogP contribution is -1.76. The first-order valence-corrected chi connectivity index (χ1v) is 2.30. The van der Waals surface area contributed by atoms with Crippen molar-refractivity contribution in [1.82, 2.24) is 0 Å². The molecule has 0 aliphatic heterocycles. The van der Waals surface area contributed by atoms with Crippen LogP contribution in [-0.2, 0) is 0 Å². The predicted molar refractivity (Wildman–Crippen MR) is 37.4 cm³/mol. The second-order valence-electron chi connectivity index (χ2n) is 1.36. The number of hydrogen-bond donors (Lipinski definition) is 0. The van der Waals surface area contributed by atoms with E-state index < -0.39 is 0 Å². The third-order valence-electron chi connectivity index (χ3n) is 0.844. The molecule has 0 unspecified atom stereocenters. The summed E-state index contributed by atoms with van der Waals surface area (Å²) in [5, 5.41) is 8.30. The SMILES string of the molecule is C=N/C(C)=C(/C#N)N=C. The summed E-state index contributed by atoms with van der Waals surface area (Å²) in [5.41, 5.74) is 0.734. The first-order chi connectivity index (χ1) is 4.26. The Kier molecular flexibility index (Phi) is 2.99. The molecule has 0 bridgehead atoms. The summed E-state index contributed by atoms with van der Waals surface area (Å²) in [6.07, 6.45) is 0. The Bertz CT molecular complexity index is 195.